The Labute approximate surface area is 136 Å². The zero-order valence-electron chi connectivity index (χ0n) is 13.3. The molecule has 4 nitrogen and oxygen atoms in total. The molecule has 0 aromatic heterocycles. The van der Waals surface area contributed by atoms with Crippen molar-refractivity contribution in [3.05, 3.63) is 48.0 Å². The van der Waals surface area contributed by atoms with Crippen LogP contribution in [0.2, 0.25) is 0 Å². The molecule has 3 rings (SSSR count). The minimum absolute atomic E-state index is 0.381. The first-order valence-electron chi connectivity index (χ1n) is 8.30. The highest BCUT2D eigenvalue weighted by Crippen LogP contribution is 2.26. The molecule has 122 valence electrons. The van der Waals surface area contributed by atoms with Crippen LogP contribution in [0, 0.1) is 0 Å². The number of hydrogen-bond donors (Lipinski definition) is 3. The lowest BCUT2D eigenvalue weighted by Gasteiger charge is -2.34. The van der Waals surface area contributed by atoms with Gasteiger partial charge in [-0.05, 0) is 55.0 Å². The van der Waals surface area contributed by atoms with Gasteiger partial charge in [-0.2, -0.15) is 0 Å². The van der Waals surface area contributed by atoms with E-state index in [-0.39, 0.29) is 0 Å². The van der Waals surface area contributed by atoms with Crippen LogP contribution in [0.25, 0.3) is 10.8 Å². The topological polar surface area (TPSA) is 75.4 Å². The molecule has 1 fully saturated rings. The third-order valence-corrected chi connectivity index (χ3v) is 4.96. The molecule has 0 atom stereocenters. The first kappa shape index (κ1) is 16.0. The van der Waals surface area contributed by atoms with Crippen molar-refractivity contribution in [2.75, 3.05) is 6.54 Å². The maximum absolute atomic E-state index is 11.1. The third-order valence-electron chi connectivity index (χ3n) is 4.96. The van der Waals surface area contributed by atoms with Gasteiger partial charge in [0, 0.05) is 6.04 Å². The van der Waals surface area contributed by atoms with Crippen molar-refractivity contribution in [1.29, 1.82) is 0 Å². The summed E-state index contributed by atoms with van der Waals surface area (Å²) < 4.78 is 0. The number of carboxylic acid groups (broad SMARTS) is 1. The number of hydrogen-bond acceptors (Lipinski definition) is 3. The molecule has 0 aliphatic heterocycles. The number of fused-ring (bicyclic) bond motifs is 1. The van der Waals surface area contributed by atoms with Crippen LogP contribution in [-0.4, -0.2) is 29.2 Å². The van der Waals surface area contributed by atoms with Gasteiger partial charge in [-0.3, -0.25) is 4.79 Å². The molecule has 2 aromatic carbocycles. The lowest BCUT2D eigenvalue weighted by molar-refractivity contribution is -0.144. The van der Waals surface area contributed by atoms with Crippen LogP contribution < -0.4 is 11.1 Å². The Morgan fingerprint density at radius 3 is 2.57 bits per heavy atom. The Bertz CT molecular complexity index is 691. The van der Waals surface area contributed by atoms with E-state index in [1.54, 1.807) is 0 Å². The van der Waals surface area contributed by atoms with E-state index in [1.807, 2.05) is 0 Å². The fraction of sp³-hybridized carbons (Fsp3) is 0.421. The number of rotatable bonds is 5. The predicted octanol–water partition coefficient (Wildman–Crippen LogP) is 2.70. The van der Waals surface area contributed by atoms with Crippen molar-refractivity contribution in [3.63, 3.8) is 0 Å². The summed E-state index contributed by atoms with van der Waals surface area (Å²) in [7, 11) is 0. The zero-order chi connectivity index (χ0) is 16.3. The Morgan fingerprint density at radius 2 is 1.87 bits per heavy atom. The second kappa shape index (κ2) is 6.69. The number of carboxylic acids is 1. The average Bonchev–Trinajstić information content (AvgIpc) is 2.56. The highest BCUT2D eigenvalue weighted by Gasteiger charge is 2.37. The van der Waals surface area contributed by atoms with Gasteiger partial charge in [-0.1, -0.05) is 42.5 Å². The van der Waals surface area contributed by atoms with Crippen molar-refractivity contribution in [2.45, 2.75) is 43.7 Å². The quantitative estimate of drug-likeness (QED) is 0.793. The van der Waals surface area contributed by atoms with Gasteiger partial charge in [0.1, 0.15) is 5.54 Å². The fourth-order valence-electron chi connectivity index (χ4n) is 3.37. The molecule has 0 saturated heterocycles. The number of nitrogens with one attached hydrogen (secondary N) is 1. The summed E-state index contributed by atoms with van der Waals surface area (Å²) in [5, 5.41) is 15.2. The number of carbonyl (C=O) groups is 1. The summed E-state index contributed by atoms with van der Waals surface area (Å²) in [5.41, 5.74) is 6.22. The molecule has 0 bridgehead atoms. The molecule has 0 radical (unpaired) electrons. The summed E-state index contributed by atoms with van der Waals surface area (Å²) in [4.78, 5) is 11.1. The van der Waals surface area contributed by atoms with Crippen LogP contribution in [0.5, 0.6) is 0 Å². The molecule has 1 aliphatic rings. The van der Waals surface area contributed by atoms with E-state index in [0.717, 1.165) is 25.8 Å². The fourth-order valence-corrected chi connectivity index (χ4v) is 3.37. The molecule has 1 saturated carbocycles. The highest BCUT2D eigenvalue weighted by atomic mass is 16.4. The molecule has 1 aliphatic carbocycles. The normalized spacial score (nSPS) is 24.7. The molecule has 23 heavy (non-hydrogen) atoms. The third kappa shape index (κ3) is 3.71. The lowest BCUT2D eigenvalue weighted by Crippen LogP contribution is -2.53. The van der Waals surface area contributed by atoms with E-state index in [0.29, 0.717) is 18.9 Å². The van der Waals surface area contributed by atoms with E-state index in [2.05, 4.69) is 47.8 Å². The lowest BCUT2D eigenvalue weighted by atomic mass is 9.80. The second-order valence-corrected chi connectivity index (χ2v) is 6.62. The minimum Gasteiger partial charge on any atom is -0.480 e. The van der Waals surface area contributed by atoms with E-state index < -0.39 is 11.5 Å². The van der Waals surface area contributed by atoms with Crippen LogP contribution in [0.1, 0.15) is 31.2 Å². The standard InChI is InChI=1S/C19H24N2O2/c20-19(18(22)23)10-7-17(8-11-19)21-12-9-14-5-6-15-3-1-2-4-16(15)13-14/h1-6,13,17,21H,7-12,20H2,(H,22,23). The van der Waals surface area contributed by atoms with Crippen LogP contribution in [-0.2, 0) is 11.2 Å². The number of nitrogens with two attached hydrogens (primary N) is 1. The number of benzene rings is 2. The summed E-state index contributed by atoms with van der Waals surface area (Å²) in [6.45, 7) is 0.910. The molecule has 0 amide bonds. The molecule has 2 aromatic rings. The smallest absolute Gasteiger partial charge is 0.323 e. The summed E-state index contributed by atoms with van der Waals surface area (Å²) in [6, 6.07) is 15.4. The Kier molecular flexibility index (Phi) is 4.64. The first-order chi connectivity index (χ1) is 11.1. The Balaban J connectivity index is 1.49. The van der Waals surface area contributed by atoms with E-state index in [4.69, 9.17) is 10.8 Å². The van der Waals surface area contributed by atoms with Crippen molar-refractivity contribution < 1.29 is 9.90 Å². The monoisotopic (exact) mass is 312 g/mol. The van der Waals surface area contributed by atoms with Gasteiger partial charge in [-0.25, -0.2) is 0 Å². The van der Waals surface area contributed by atoms with Crippen LogP contribution in [0.15, 0.2) is 42.5 Å². The molecule has 4 heteroatoms. The van der Waals surface area contributed by atoms with Gasteiger partial charge in [0.15, 0.2) is 0 Å². The SMILES string of the molecule is NC1(C(=O)O)CCC(NCCc2ccc3ccccc3c2)CC1. The van der Waals surface area contributed by atoms with E-state index in [9.17, 15) is 4.79 Å². The van der Waals surface area contributed by atoms with Crippen LogP contribution in [0.3, 0.4) is 0 Å². The van der Waals surface area contributed by atoms with E-state index in [1.165, 1.54) is 16.3 Å². The van der Waals surface area contributed by atoms with Crippen molar-refractivity contribution in [2.24, 2.45) is 5.73 Å². The van der Waals surface area contributed by atoms with Gasteiger partial charge < -0.3 is 16.2 Å². The average molecular weight is 312 g/mol. The van der Waals surface area contributed by atoms with Crippen molar-refractivity contribution in [1.82, 2.24) is 5.32 Å². The Hall–Kier alpha value is -1.91. The molecular formula is C19H24N2O2. The number of aliphatic carboxylic acids is 1. The minimum atomic E-state index is -1.02. The van der Waals surface area contributed by atoms with Gasteiger partial charge in [0.05, 0.1) is 0 Å². The zero-order valence-corrected chi connectivity index (χ0v) is 13.3. The first-order valence-corrected chi connectivity index (χ1v) is 8.30. The van der Waals surface area contributed by atoms with Gasteiger partial charge >= 0.3 is 5.97 Å². The highest BCUT2D eigenvalue weighted by molar-refractivity contribution is 5.83. The second-order valence-electron chi connectivity index (χ2n) is 6.62. The maximum atomic E-state index is 11.1. The van der Waals surface area contributed by atoms with Crippen LogP contribution in [0.4, 0.5) is 0 Å². The van der Waals surface area contributed by atoms with Gasteiger partial charge in [-0.15, -0.1) is 0 Å². The molecule has 0 unspecified atom stereocenters. The van der Waals surface area contributed by atoms with Gasteiger partial charge in [0.25, 0.3) is 0 Å². The van der Waals surface area contributed by atoms with Crippen molar-refractivity contribution in [3.8, 4) is 0 Å². The largest absolute Gasteiger partial charge is 0.480 e. The van der Waals surface area contributed by atoms with E-state index >= 15 is 0 Å². The summed E-state index contributed by atoms with van der Waals surface area (Å²) in [6.07, 6.45) is 3.75. The summed E-state index contributed by atoms with van der Waals surface area (Å²) >= 11 is 0. The Morgan fingerprint density at radius 1 is 1.17 bits per heavy atom. The summed E-state index contributed by atoms with van der Waals surface area (Å²) in [5.74, 6) is -0.868. The molecule has 4 N–H and O–H groups in total. The molecule has 0 heterocycles. The maximum Gasteiger partial charge on any atom is 0.323 e. The molecular weight excluding hydrogens is 288 g/mol. The molecule has 0 spiro atoms. The predicted molar refractivity (Wildman–Crippen MR) is 92.5 cm³/mol. The van der Waals surface area contributed by atoms with Gasteiger partial charge in [0.2, 0.25) is 0 Å². The van der Waals surface area contributed by atoms with Crippen molar-refractivity contribution >= 4 is 16.7 Å². The van der Waals surface area contributed by atoms with Crippen LogP contribution >= 0.6 is 0 Å².